The van der Waals surface area contributed by atoms with E-state index in [4.69, 9.17) is 0 Å². The Balaban J connectivity index is 2.06. The van der Waals surface area contributed by atoms with Crippen molar-refractivity contribution in [1.82, 2.24) is 14.5 Å². The van der Waals surface area contributed by atoms with E-state index in [0.717, 1.165) is 37.2 Å². The van der Waals surface area contributed by atoms with Crippen molar-refractivity contribution in [3.8, 4) is 0 Å². The summed E-state index contributed by atoms with van der Waals surface area (Å²) in [7, 11) is 0. The van der Waals surface area contributed by atoms with Gasteiger partial charge in [-0.05, 0) is 25.0 Å². The van der Waals surface area contributed by atoms with E-state index in [1.165, 1.54) is 0 Å². The van der Waals surface area contributed by atoms with E-state index in [1.54, 1.807) is 12.4 Å². The minimum Gasteiger partial charge on any atom is -0.365 e. The van der Waals surface area contributed by atoms with Crippen LogP contribution in [0.2, 0.25) is 0 Å². The Morgan fingerprint density at radius 1 is 1.22 bits per heavy atom. The third kappa shape index (κ3) is 4.65. The topological polar surface area (TPSA) is 59.8 Å². The maximum atomic E-state index is 12.6. The molecular weight excluding hydrogens is 288 g/mol. The van der Waals surface area contributed by atoms with Crippen molar-refractivity contribution in [1.29, 1.82) is 0 Å². The van der Waals surface area contributed by atoms with Gasteiger partial charge in [0.1, 0.15) is 0 Å². The highest BCUT2D eigenvalue weighted by atomic mass is 16.1. The number of nitrogens with one attached hydrogen (secondary N) is 1. The Labute approximate surface area is 137 Å². The molecule has 0 aliphatic heterocycles. The number of aryl methyl sites for hydroxylation is 1. The average Bonchev–Trinajstić information content (AvgIpc) is 2.58. The van der Waals surface area contributed by atoms with E-state index >= 15 is 0 Å². The number of aromatic nitrogens is 3. The first-order valence-electron chi connectivity index (χ1n) is 8.35. The average molecular weight is 314 g/mol. The highest BCUT2D eigenvalue weighted by Crippen LogP contribution is 2.11. The van der Waals surface area contributed by atoms with Crippen molar-refractivity contribution in [3.05, 3.63) is 52.3 Å². The quantitative estimate of drug-likeness (QED) is 0.813. The zero-order chi connectivity index (χ0) is 16.7. The van der Waals surface area contributed by atoms with Crippen LogP contribution >= 0.6 is 0 Å². The smallest absolute Gasteiger partial charge is 0.293 e. The number of hydrogen-bond acceptors (Lipinski definition) is 4. The second-order valence-electron chi connectivity index (χ2n) is 5.84. The fraction of sp³-hybridized carbons (Fsp3) is 0.500. The normalized spacial score (nSPS) is 11.0. The lowest BCUT2D eigenvalue weighted by Crippen LogP contribution is -2.29. The number of anilines is 1. The summed E-state index contributed by atoms with van der Waals surface area (Å²) in [6, 6.07) is 5.85. The molecular formula is C18H26N4O. The van der Waals surface area contributed by atoms with Crippen molar-refractivity contribution < 1.29 is 0 Å². The fourth-order valence-electron chi connectivity index (χ4n) is 2.58. The van der Waals surface area contributed by atoms with Gasteiger partial charge in [0, 0.05) is 43.3 Å². The van der Waals surface area contributed by atoms with Crippen LogP contribution < -0.4 is 10.9 Å². The molecule has 0 saturated heterocycles. The molecule has 2 rings (SSSR count). The van der Waals surface area contributed by atoms with Gasteiger partial charge in [-0.2, -0.15) is 0 Å². The zero-order valence-electron chi connectivity index (χ0n) is 14.2. The summed E-state index contributed by atoms with van der Waals surface area (Å²) < 4.78 is 1.84. The van der Waals surface area contributed by atoms with E-state index in [0.29, 0.717) is 18.3 Å². The second-order valence-corrected chi connectivity index (χ2v) is 5.84. The monoisotopic (exact) mass is 314 g/mol. The minimum absolute atomic E-state index is 0.0297. The molecule has 23 heavy (non-hydrogen) atoms. The Morgan fingerprint density at radius 3 is 2.65 bits per heavy atom. The molecule has 5 heteroatoms. The Kier molecular flexibility index (Phi) is 6.32. The van der Waals surface area contributed by atoms with E-state index < -0.39 is 0 Å². The van der Waals surface area contributed by atoms with Crippen molar-refractivity contribution in [2.24, 2.45) is 5.92 Å². The van der Waals surface area contributed by atoms with Crippen LogP contribution in [0.3, 0.4) is 0 Å². The standard InChI is InChI=1S/C18H26N4O/c1-4-15(5-2)13-22-14(3)12-21-17(18(22)23)20-11-9-16-8-6-7-10-19-16/h6-8,10,12,15H,4-5,9,11,13H2,1-3H3,(H,20,21). The SMILES string of the molecule is CCC(CC)Cn1c(C)cnc(NCCc2ccccn2)c1=O. The van der Waals surface area contributed by atoms with Gasteiger partial charge < -0.3 is 9.88 Å². The summed E-state index contributed by atoms with van der Waals surface area (Å²) in [5.74, 6) is 0.952. The third-order valence-electron chi connectivity index (χ3n) is 4.25. The maximum absolute atomic E-state index is 12.6. The first-order chi connectivity index (χ1) is 11.2. The zero-order valence-corrected chi connectivity index (χ0v) is 14.2. The molecule has 0 aliphatic rings. The molecule has 0 fully saturated rings. The molecule has 2 aromatic rings. The summed E-state index contributed by atoms with van der Waals surface area (Å²) in [4.78, 5) is 21.2. The van der Waals surface area contributed by atoms with Gasteiger partial charge in [-0.1, -0.05) is 32.8 Å². The van der Waals surface area contributed by atoms with Crippen molar-refractivity contribution in [3.63, 3.8) is 0 Å². The van der Waals surface area contributed by atoms with Gasteiger partial charge in [0.25, 0.3) is 5.56 Å². The molecule has 0 aliphatic carbocycles. The third-order valence-corrected chi connectivity index (χ3v) is 4.25. The van der Waals surface area contributed by atoms with Gasteiger partial charge in [-0.25, -0.2) is 4.98 Å². The summed E-state index contributed by atoms with van der Waals surface area (Å²) in [6.07, 6.45) is 6.47. The van der Waals surface area contributed by atoms with Crippen molar-refractivity contribution >= 4 is 5.82 Å². The second kappa shape index (κ2) is 8.46. The molecule has 5 nitrogen and oxygen atoms in total. The Morgan fingerprint density at radius 2 is 2.00 bits per heavy atom. The van der Waals surface area contributed by atoms with Crippen LogP contribution in [-0.2, 0) is 13.0 Å². The van der Waals surface area contributed by atoms with Gasteiger partial charge >= 0.3 is 0 Å². The highest BCUT2D eigenvalue weighted by molar-refractivity contribution is 5.32. The molecule has 0 aromatic carbocycles. The number of pyridine rings is 1. The highest BCUT2D eigenvalue weighted by Gasteiger charge is 2.11. The molecule has 0 saturated carbocycles. The van der Waals surface area contributed by atoms with Crippen LogP contribution in [0.5, 0.6) is 0 Å². The molecule has 0 spiro atoms. The Bertz CT molecular complexity index is 662. The molecule has 2 aromatic heterocycles. The molecule has 0 radical (unpaired) electrons. The molecule has 2 heterocycles. The van der Waals surface area contributed by atoms with Crippen LogP contribution in [0.1, 0.15) is 38.1 Å². The fourth-order valence-corrected chi connectivity index (χ4v) is 2.58. The first kappa shape index (κ1) is 17.2. The van der Waals surface area contributed by atoms with Gasteiger partial charge in [0.15, 0.2) is 5.82 Å². The van der Waals surface area contributed by atoms with Crippen LogP contribution in [0.4, 0.5) is 5.82 Å². The molecule has 0 bridgehead atoms. The van der Waals surface area contributed by atoms with Crippen molar-refractivity contribution in [2.45, 2.75) is 46.6 Å². The van der Waals surface area contributed by atoms with Gasteiger partial charge in [0.05, 0.1) is 0 Å². The van der Waals surface area contributed by atoms with Crippen molar-refractivity contribution in [2.75, 3.05) is 11.9 Å². The largest absolute Gasteiger partial charge is 0.365 e. The lowest BCUT2D eigenvalue weighted by molar-refractivity contribution is 0.406. The summed E-state index contributed by atoms with van der Waals surface area (Å²) in [5.41, 5.74) is 1.89. The van der Waals surface area contributed by atoms with Gasteiger partial charge in [-0.3, -0.25) is 9.78 Å². The van der Waals surface area contributed by atoms with Crippen LogP contribution in [0.25, 0.3) is 0 Å². The first-order valence-corrected chi connectivity index (χ1v) is 8.35. The lowest BCUT2D eigenvalue weighted by Gasteiger charge is -2.17. The van der Waals surface area contributed by atoms with Gasteiger partial charge in [-0.15, -0.1) is 0 Å². The van der Waals surface area contributed by atoms with Crippen LogP contribution in [-0.4, -0.2) is 21.1 Å². The van der Waals surface area contributed by atoms with E-state index in [-0.39, 0.29) is 5.56 Å². The van der Waals surface area contributed by atoms with E-state index in [9.17, 15) is 4.79 Å². The molecule has 1 N–H and O–H groups in total. The molecule has 0 atom stereocenters. The van der Waals surface area contributed by atoms with Crippen LogP contribution in [0.15, 0.2) is 35.4 Å². The number of nitrogens with zero attached hydrogens (tertiary/aromatic N) is 3. The predicted molar refractivity (Wildman–Crippen MR) is 93.7 cm³/mol. The van der Waals surface area contributed by atoms with E-state index in [1.807, 2.05) is 29.7 Å². The molecule has 0 amide bonds. The summed E-state index contributed by atoms with van der Waals surface area (Å²) in [5, 5.41) is 3.15. The summed E-state index contributed by atoms with van der Waals surface area (Å²) >= 11 is 0. The minimum atomic E-state index is -0.0297. The van der Waals surface area contributed by atoms with Gasteiger partial charge in [0.2, 0.25) is 0 Å². The number of rotatable bonds is 8. The number of hydrogen-bond donors (Lipinski definition) is 1. The molecule has 0 unspecified atom stereocenters. The molecule has 124 valence electrons. The lowest BCUT2D eigenvalue weighted by atomic mass is 10.0. The Hall–Kier alpha value is -2.17. The van der Waals surface area contributed by atoms with E-state index in [2.05, 4.69) is 29.1 Å². The van der Waals surface area contributed by atoms with Crippen LogP contribution in [0, 0.1) is 12.8 Å². The predicted octanol–water partition coefficient (Wildman–Crippen LogP) is 3.04. The summed E-state index contributed by atoms with van der Waals surface area (Å²) in [6.45, 7) is 7.68. The maximum Gasteiger partial charge on any atom is 0.293 e.